The number of hydrogen-bond acceptors (Lipinski definition) is 4. The van der Waals surface area contributed by atoms with Gasteiger partial charge in [-0.2, -0.15) is 0 Å². The van der Waals surface area contributed by atoms with Crippen LogP contribution >= 0.6 is 11.3 Å². The molecule has 0 saturated carbocycles. The van der Waals surface area contributed by atoms with Crippen molar-refractivity contribution in [2.45, 2.75) is 40.7 Å². The molecule has 0 spiro atoms. The molecule has 5 heteroatoms. The van der Waals surface area contributed by atoms with Crippen molar-refractivity contribution in [3.63, 3.8) is 0 Å². The predicted octanol–water partition coefficient (Wildman–Crippen LogP) is 4.49. The molecule has 1 aromatic carbocycles. The van der Waals surface area contributed by atoms with Crippen LogP contribution in [-0.4, -0.2) is 28.9 Å². The van der Waals surface area contributed by atoms with E-state index in [1.807, 2.05) is 32.0 Å². The third-order valence-electron chi connectivity index (χ3n) is 4.87. The average Bonchev–Trinajstić information content (AvgIpc) is 2.95. The summed E-state index contributed by atoms with van der Waals surface area (Å²) in [5, 5.41) is 5.66. The summed E-state index contributed by atoms with van der Waals surface area (Å²) in [4.78, 5) is 19.5. The highest BCUT2D eigenvalue weighted by molar-refractivity contribution is 7.13. The van der Waals surface area contributed by atoms with Crippen LogP contribution in [0.2, 0.25) is 0 Å². The Morgan fingerprint density at radius 3 is 2.64 bits per heavy atom. The van der Waals surface area contributed by atoms with Crippen LogP contribution in [0, 0.1) is 25.7 Å². The first-order valence-electron chi connectivity index (χ1n) is 8.96. The van der Waals surface area contributed by atoms with E-state index in [9.17, 15) is 4.79 Å². The van der Waals surface area contributed by atoms with Gasteiger partial charge >= 0.3 is 0 Å². The van der Waals surface area contributed by atoms with Crippen LogP contribution in [0.1, 0.15) is 47.4 Å². The third kappa shape index (κ3) is 4.67. The van der Waals surface area contributed by atoms with E-state index < -0.39 is 0 Å². The van der Waals surface area contributed by atoms with Crippen LogP contribution in [0.25, 0.3) is 0 Å². The minimum Gasteiger partial charge on any atom is -0.298 e. The Balaban J connectivity index is 1.61. The maximum Gasteiger partial charge on any atom is 0.257 e. The lowest BCUT2D eigenvalue weighted by Crippen LogP contribution is -2.38. The molecule has 1 aliphatic rings. The van der Waals surface area contributed by atoms with Gasteiger partial charge in [-0.05, 0) is 55.4 Å². The molecule has 25 heavy (non-hydrogen) atoms. The second-order valence-corrected chi connectivity index (χ2v) is 8.40. The van der Waals surface area contributed by atoms with Crippen molar-refractivity contribution in [2.75, 3.05) is 18.4 Å². The van der Waals surface area contributed by atoms with Crippen molar-refractivity contribution in [1.82, 2.24) is 9.88 Å². The fourth-order valence-corrected chi connectivity index (χ4v) is 4.34. The van der Waals surface area contributed by atoms with Crippen LogP contribution in [0.5, 0.6) is 0 Å². The number of carbonyl (C=O) groups excluding carboxylic acids is 1. The van der Waals surface area contributed by atoms with E-state index in [4.69, 9.17) is 0 Å². The molecule has 1 aliphatic heterocycles. The lowest BCUT2D eigenvalue weighted by Gasteiger charge is -2.34. The van der Waals surface area contributed by atoms with Crippen molar-refractivity contribution >= 4 is 22.4 Å². The Morgan fingerprint density at radius 1 is 1.24 bits per heavy atom. The summed E-state index contributed by atoms with van der Waals surface area (Å²) in [6.07, 6.45) is 1.31. The van der Waals surface area contributed by atoms with E-state index >= 15 is 0 Å². The van der Waals surface area contributed by atoms with E-state index in [-0.39, 0.29) is 5.91 Å². The number of nitrogens with one attached hydrogen (secondary N) is 1. The summed E-state index contributed by atoms with van der Waals surface area (Å²) < 4.78 is 0. The lowest BCUT2D eigenvalue weighted by molar-refractivity contribution is 0.102. The minimum absolute atomic E-state index is 0.0933. The summed E-state index contributed by atoms with van der Waals surface area (Å²) >= 11 is 1.50. The molecule has 2 aromatic rings. The van der Waals surface area contributed by atoms with Gasteiger partial charge in [0.25, 0.3) is 5.91 Å². The molecule has 2 atom stereocenters. The molecule has 0 radical (unpaired) electrons. The van der Waals surface area contributed by atoms with E-state index in [1.165, 1.54) is 23.3 Å². The highest BCUT2D eigenvalue weighted by atomic mass is 32.1. The Hall–Kier alpha value is -1.72. The van der Waals surface area contributed by atoms with Crippen molar-refractivity contribution < 1.29 is 4.79 Å². The largest absolute Gasteiger partial charge is 0.298 e. The fourth-order valence-electron chi connectivity index (χ4n) is 3.64. The maximum absolute atomic E-state index is 12.4. The van der Waals surface area contributed by atoms with Crippen LogP contribution in [0.15, 0.2) is 23.6 Å². The molecule has 0 bridgehead atoms. The molecule has 134 valence electrons. The Bertz CT molecular complexity index is 745. The Labute approximate surface area is 154 Å². The van der Waals surface area contributed by atoms with Crippen LogP contribution in [0.3, 0.4) is 0 Å². The molecule has 1 N–H and O–H groups in total. The number of nitrogens with zero attached hydrogens (tertiary/aromatic N) is 2. The van der Waals surface area contributed by atoms with Gasteiger partial charge in [-0.1, -0.05) is 19.9 Å². The van der Waals surface area contributed by atoms with Gasteiger partial charge in [-0.25, -0.2) is 4.98 Å². The monoisotopic (exact) mass is 357 g/mol. The second kappa shape index (κ2) is 7.67. The Morgan fingerprint density at radius 2 is 1.96 bits per heavy atom. The van der Waals surface area contributed by atoms with Crippen molar-refractivity contribution in [1.29, 1.82) is 0 Å². The molecule has 1 saturated heterocycles. The van der Waals surface area contributed by atoms with Gasteiger partial charge in [0, 0.05) is 30.6 Å². The first-order chi connectivity index (χ1) is 11.9. The van der Waals surface area contributed by atoms with E-state index in [2.05, 4.69) is 34.4 Å². The summed E-state index contributed by atoms with van der Waals surface area (Å²) in [7, 11) is 0. The molecule has 0 unspecified atom stereocenters. The van der Waals surface area contributed by atoms with E-state index in [0.717, 1.165) is 42.7 Å². The minimum atomic E-state index is -0.0933. The zero-order valence-electron chi connectivity index (χ0n) is 15.5. The van der Waals surface area contributed by atoms with Gasteiger partial charge in [-0.3, -0.25) is 15.0 Å². The summed E-state index contributed by atoms with van der Waals surface area (Å²) in [5.41, 5.74) is 4.04. The average molecular weight is 358 g/mol. The van der Waals surface area contributed by atoms with Gasteiger partial charge in [-0.15, -0.1) is 11.3 Å². The summed E-state index contributed by atoms with van der Waals surface area (Å²) in [5.74, 6) is 1.39. The second-order valence-electron chi connectivity index (χ2n) is 7.54. The van der Waals surface area contributed by atoms with Gasteiger partial charge < -0.3 is 0 Å². The lowest BCUT2D eigenvalue weighted by atomic mass is 9.92. The molecule has 1 fully saturated rings. The number of likely N-dealkylation sites (tertiary alicyclic amines) is 1. The quantitative estimate of drug-likeness (QED) is 0.877. The first kappa shape index (κ1) is 18.1. The van der Waals surface area contributed by atoms with Gasteiger partial charge in [0.05, 0.1) is 5.69 Å². The number of rotatable bonds is 4. The van der Waals surface area contributed by atoms with E-state index in [0.29, 0.717) is 10.7 Å². The van der Waals surface area contributed by atoms with Gasteiger partial charge in [0.2, 0.25) is 0 Å². The highest BCUT2D eigenvalue weighted by Gasteiger charge is 2.22. The molecule has 3 rings (SSSR count). The van der Waals surface area contributed by atoms with Gasteiger partial charge in [0.15, 0.2) is 5.13 Å². The van der Waals surface area contributed by atoms with Crippen LogP contribution < -0.4 is 5.32 Å². The number of amides is 1. The topological polar surface area (TPSA) is 45.2 Å². The molecule has 1 aromatic heterocycles. The van der Waals surface area contributed by atoms with E-state index in [1.54, 1.807) is 0 Å². The molecule has 0 aliphatic carbocycles. The highest BCUT2D eigenvalue weighted by Crippen LogP contribution is 2.24. The normalized spacial score (nSPS) is 21.3. The van der Waals surface area contributed by atoms with Crippen molar-refractivity contribution in [3.05, 3.63) is 46.0 Å². The van der Waals surface area contributed by atoms with Gasteiger partial charge in [0.1, 0.15) is 0 Å². The number of hydrogen-bond donors (Lipinski definition) is 1. The first-order valence-corrected chi connectivity index (χ1v) is 9.84. The molecular formula is C20H27N3OS. The predicted molar refractivity (Wildman–Crippen MR) is 104 cm³/mol. The number of piperidine rings is 1. The third-order valence-corrected chi connectivity index (χ3v) is 5.68. The van der Waals surface area contributed by atoms with Crippen LogP contribution in [-0.2, 0) is 6.54 Å². The van der Waals surface area contributed by atoms with Crippen LogP contribution in [0.4, 0.5) is 5.13 Å². The maximum atomic E-state index is 12.4. The summed E-state index contributed by atoms with van der Waals surface area (Å²) in [6, 6.07) is 5.77. The molecule has 1 amide bonds. The SMILES string of the molecule is Cc1ccc(C(=O)Nc2nc(CN3C[C@H](C)C[C@H](C)C3)cs2)cc1C. The molecule has 2 heterocycles. The molecule has 4 nitrogen and oxygen atoms in total. The smallest absolute Gasteiger partial charge is 0.257 e. The summed E-state index contributed by atoms with van der Waals surface area (Å²) in [6.45, 7) is 11.8. The fraction of sp³-hybridized carbons (Fsp3) is 0.500. The zero-order chi connectivity index (χ0) is 18.0. The number of thiazole rings is 1. The van der Waals surface area contributed by atoms with Crippen molar-refractivity contribution in [2.24, 2.45) is 11.8 Å². The number of carbonyl (C=O) groups is 1. The van der Waals surface area contributed by atoms with Crippen molar-refractivity contribution in [3.8, 4) is 0 Å². The number of anilines is 1. The number of benzene rings is 1. The zero-order valence-corrected chi connectivity index (χ0v) is 16.3. The standard InChI is InChI=1S/C20H27N3OS/c1-13-7-14(2)10-23(9-13)11-18-12-25-20(21-18)22-19(24)17-6-5-15(3)16(4)8-17/h5-6,8,12-14H,7,9-11H2,1-4H3,(H,21,22,24)/t13-,14+. The number of aryl methyl sites for hydroxylation is 2. The Kier molecular flexibility index (Phi) is 5.54. The molecular weight excluding hydrogens is 330 g/mol. The number of aromatic nitrogens is 1.